The van der Waals surface area contributed by atoms with Crippen molar-refractivity contribution in [1.29, 1.82) is 0 Å². The number of likely N-dealkylation sites (N-methyl/N-ethyl adjacent to an activating group) is 1. The van der Waals surface area contributed by atoms with Gasteiger partial charge >= 0.3 is 0 Å². The molecule has 0 aromatic carbocycles. The summed E-state index contributed by atoms with van der Waals surface area (Å²) in [6, 6.07) is 0.259. The molecule has 2 nitrogen and oxygen atoms in total. The molecule has 8 heavy (non-hydrogen) atoms. The van der Waals surface area contributed by atoms with Crippen LogP contribution in [0, 0.1) is 5.92 Å². The Morgan fingerprint density at radius 3 is 2.00 bits per heavy atom. The second-order valence-corrected chi connectivity index (χ2v) is 2.32. The van der Waals surface area contributed by atoms with Crippen LogP contribution in [0.5, 0.6) is 0 Å². The molecule has 2 N–H and O–H groups in total. The van der Waals surface area contributed by atoms with Gasteiger partial charge in [0.25, 0.3) is 0 Å². The van der Waals surface area contributed by atoms with Crippen LogP contribution in [0.25, 0.3) is 0 Å². The minimum atomic E-state index is 0.230. The molecule has 0 spiro atoms. The molecule has 0 aliphatic carbocycles. The van der Waals surface area contributed by atoms with Crippen molar-refractivity contribution in [3.05, 3.63) is 0 Å². The average molecular weight is 117 g/mol. The first-order valence-corrected chi connectivity index (χ1v) is 3.00. The number of nitrogens with one attached hydrogen (secondary N) is 1. The highest BCUT2D eigenvalue weighted by molar-refractivity contribution is 4.65. The van der Waals surface area contributed by atoms with Crippen molar-refractivity contribution in [3.8, 4) is 0 Å². The molecule has 2 heteroatoms. The Hall–Kier alpha value is -0.0800. The van der Waals surface area contributed by atoms with Gasteiger partial charge in [-0.15, -0.1) is 0 Å². The van der Waals surface area contributed by atoms with E-state index in [4.69, 9.17) is 5.11 Å². The molecule has 0 amide bonds. The highest BCUT2D eigenvalue weighted by Gasteiger charge is 2.06. The molecule has 0 heterocycles. The maximum Gasteiger partial charge on any atom is 0.0587 e. The summed E-state index contributed by atoms with van der Waals surface area (Å²) in [4.78, 5) is 0. The number of hydrogen-bond donors (Lipinski definition) is 2. The molecule has 50 valence electrons. The average Bonchev–Trinajstić information content (AvgIpc) is 1.69. The van der Waals surface area contributed by atoms with Gasteiger partial charge in [-0.3, -0.25) is 0 Å². The molecular weight excluding hydrogens is 102 g/mol. The summed E-state index contributed by atoms with van der Waals surface area (Å²) in [5.74, 6) is 0.519. The molecule has 0 radical (unpaired) electrons. The van der Waals surface area contributed by atoms with E-state index in [1.165, 1.54) is 0 Å². The summed E-state index contributed by atoms with van der Waals surface area (Å²) in [7, 11) is 1.86. The van der Waals surface area contributed by atoms with Gasteiger partial charge in [0.15, 0.2) is 0 Å². The number of aliphatic hydroxyl groups is 1. The zero-order valence-electron chi connectivity index (χ0n) is 5.81. The molecule has 0 saturated heterocycles. The fourth-order valence-corrected chi connectivity index (χ4v) is 0.635. The number of hydrogen-bond acceptors (Lipinski definition) is 2. The summed E-state index contributed by atoms with van der Waals surface area (Å²) in [5, 5.41) is 11.6. The molecule has 0 saturated carbocycles. The molecule has 0 unspecified atom stereocenters. The van der Waals surface area contributed by atoms with Gasteiger partial charge in [0.05, 0.1) is 6.61 Å². The summed E-state index contributed by atoms with van der Waals surface area (Å²) in [6.45, 7) is 4.39. The van der Waals surface area contributed by atoms with Crippen molar-refractivity contribution < 1.29 is 5.11 Å². The molecular formula is C6H15NO. The van der Waals surface area contributed by atoms with Gasteiger partial charge in [0.1, 0.15) is 0 Å². The third-order valence-corrected chi connectivity index (χ3v) is 1.37. The SMILES string of the molecule is CN[C@@H](CO)C(C)C. The summed E-state index contributed by atoms with van der Waals surface area (Å²) >= 11 is 0. The minimum absolute atomic E-state index is 0.230. The molecule has 0 rings (SSSR count). The van der Waals surface area contributed by atoms with Gasteiger partial charge in [-0.05, 0) is 13.0 Å². The van der Waals surface area contributed by atoms with Crippen molar-refractivity contribution in [2.45, 2.75) is 19.9 Å². The minimum Gasteiger partial charge on any atom is -0.395 e. The van der Waals surface area contributed by atoms with E-state index in [1.807, 2.05) is 7.05 Å². The van der Waals surface area contributed by atoms with Crippen LogP contribution in [0.4, 0.5) is 0 Å². The van der Waals surface area contributed by atoms with E-state index in [0.29, 0.717) is 5.92 Å². The van der Waals surface area contributed by atoms with Crippen LogP contribution >= 0.6 is 0 Å². The smallest absolute Gasteiger partial charge is 0.0587 e. The lowest BCUT2D eigenvalue weighted by Gasteiger charge is -2.15. The van der Waals surface area contributed by atoms with E-state index in [0.717, 1.165) is 0 Å². The number of rotatable bonds is 3. The van der Waals surface area contributed by atoms with Gasteiger partial charge in [-0.1, -0.05) is 13.8 Å². The maximum atomic E-state index is 8.63. The van der Waals surface area contributed by atoms with Crippen molar-refractivity contribution in [2.24, 2.45) is 5.92 Å². The fraction of sp³-hybridized carbons (Fsp3) is 1.00. The maximum absolute atomic E-state index is 8.63. The zero-order chi connectivity index (χ0) is 6.57. The monoisotopic (exact) mass is 117 g/mol. The van der Waals surface area contributed by atoms with E-state index in [1.54, 1.807) is 0 Å². The second-order valence-electron chi connectivity index (χ2n) is 2.32. The van der Waals surface area contributed by atoms with Crippen LogP contribution in [0.1, 0.15) is 13.8 Å². The Kier molecular flexibility index (Phi) is 3.83. The van der Waals surface area contributed by atoms with Crippen molar-refractivity contribution in [3.63, 3.8) is 0 Å². The van der Waals surface area contributed by atoms with Crippen molar-refractivity contribution >= 4 is 0 Å². The lowest BCUT2D eigenvalue weighted by Crippen LogP contribution is -2.33. The van der Waals surface area contributed by atoms with E-state index >= 15 is 0 Å². The van der Waals surface area contributed by atoms with Crippen LogP contribution in [0.3, 0.4) is 0 Å². The Labute approximate surface area is 50.9 Å². The first kappa shape index (κ1) is 7.92. The summed E-state index contributed by atoms with van der Waals surface area (Å²) < 4.78 is 0. The zero-order valence-corrected chi connectivity index (χ0v) is 5.81. The van der Waals surface area contributed by atoms with Crippen LogP contribution < -0.4 is 5.32 Å². The van der Waals surface area contributed by atoms with Gasteiger partial charge in [-0.2, -0.15) is 0 Å². The van der Waals surface area contributed by atoms with Gasteiger partial charge in [0.2, 0.25) is 0 Å². The van der Waals surface area contributed by atoms with E-state index in [2.05, 4.69) is 19.2 Å². The summed E-state index contributed by atoms with van der Waals surface area (Å²) in [5.41, 5.74) is 0. The molecule has 0 fully saturated rings. The lowest BCUT2D eigenvalue weighted by atomic mass is 10.1. The second kappa shape index (κ2) is 3.87. The molecule has 0 aliphatic heterocycles. The predicted octanol–water partition coefficient (Wildman–Crippen LogP) is 0.223. The van der Waals surface area contributed by atoms with Crippen LogP contribution in [0.2, 0.25) is 0 Å². The first-order chi connectivity index (χ1) is 3.72. The Morgan fingerprint density at radius 1 is 1.50 bits per heavy atom. The fourth-order valence-electron chi connectivity index (χ4n) is 0.635. The highest BCUT2D eigenvalue weighted by atomic mass is 16.3. The Morgan fingerprint density at radius 2 is 2.00 bits per heavy atom. The third-order valence-electron chi connectivity index (χ3n) is 1.37. The van der Waals surface area contributed by atoms with Gasteiger partial charge in [-0.25, -0.2) is 0 Å². The lowest BCUT2D eigenvalue weighted by molar-refractivity contribution is 0.218. The van der Waals surface area contributed by atoms with Crippen LogP contribution in [-0.4, -0.2) is 24.8 Å². The van der Waals surface area contributed by atoms with E-state index in [9.17, 15) is 0 Å². The molecule has 0 aliphatic rings. The molecule has 0 aromatic rings. The van der Waals surface area contributed by atoms with Gasteiger partial charge < -0.3 is 10.4 Å². The first-order valence-electron chi connectivity index (χ1n) is 3.00. The number of aliphatic hydroxyl groups excluding tert-OH is 1. The van der Waals surface area contributed by atoms with Crippen LogP contribution in [-0.2, 0) is 0 Å². The Balaban J connectivity index is 3.35. The molecule has 1 atom stereocenters. The van der Waals surface area contributed by atoms with E-state index < -0.39 is 0 Å². The quantitative estimate of drug-likeness (QED) is 0.554. The topological polar surface area (TPSA) is 32.3 Å². The van der Waals surface area contributed by atoms with E-state index in [-0.39, 0.29) is 12.6 Å². The molecule has 0 bridgehead atoms. The largest absolute Gasteiger partial charge is 0.395 e. The van der Waals surface area contributed by atoms with Crippen molar-refractivity contribution in [2.75, 3.05) is 13.7 Å². The molecule has 0 aromatic heterocycles. The summed E-state index contributed by atoms with van der Waals surface area (Å²) in [6.07, 6.45) is 0. The predicted molar refractivity (Wildman–Crippen MR) is 34.8 cm³/mol. The van der Waals surface area contributed by atoms with Crippen molar-refractivity contribution in [1.82, 2.24) is 5.32 Å². The highest BCUT2D eigenvalue weighted by Crippen LogP contribution is 1.97. The standard InChI is InChI=1S/C6H15NO/c1-5(2)6(4-8)7-3/h5-8H,4H2,1-3H3/t6-/m0/s1. The van der Waals surface area contributed by atoms with Gasteiger partial charge in [0, 0.05) is 6.04 Å². The van der Waals surface area contributed by atoms with Crippen LogP contribution in [0.15, 0.2) is 0 Å². The third kappa shape index (κ3) is 2.28. The Bertz CT molecular complexity index is 50.5. The normalized spacial score (nSPS) is 14.6.